The molecule has 0 aliphatic carbocycles. The first-order valence-corrected chi connectivity index (χ1v) is 10.5. The molecule has 0 spiro atoms. The van der Waals surface area contributed by atoms with E-state index in [9.17, 15) is 22.4 Å². The average Bonchev–Trinajstić information content (AvgIpc) is 3.49. The second-order valence-electron chi connectivity index (χ2n) is 7.79. The summed E-state index contributed by atoms with van der Waals surface area (Å²) in [5.74, 6) is -0.715. The van der Waals surface area contributed by atoms with Crippen molar-refractivity contribution < 1.29 is 22.4 Å². The Morgan fingerprint density at radius 1 is 1.06 bits per heavy atom. The molecule has 8 nitrogen and oxygen atoms in total. The van der Waals surface area contributed by atoms with Gasteiger partial charge in [0.05, 0.1) is 11.3 Å². The van der Waals surface area contributed by atoms with Crippen molar-refractivity contribution in [2.75, 3.05) is 16.4 Å². The van der Waals surface area contributed by atoms with E-state index in [4.69, 9.17) is 5.73 Å². The van der Waals surface area contributed by atoms with Gasteiger partial charge in [-0.05, 0) is 48.0 Å². The number of carbonyl (C=O) groups is 1. The smallest absolute Gasteiger partial charge is 0.382 e. The largest absolute Gasteiger partial charge is 0.416 e. The minimum atomic E-state index is -4.67. The number of hydrogen-bond acceptors (Lipinski definition) is 4. The molecule has 5 rings (SSSR count). The van der Waals surface area contributed by atoms with Crippen molar-refractivity contribution in [1.82, 2.24) is 19.6 Å². The molecule has 3 heterocycles. The second-order valence-corrected chi connectivity index (χ2v) is 7.79. The van der Waals surface area contributed by atoms with Crippen LogP contribution < -0.4 is 16.4 Å². The number of urea groups is 1. The lowest BCUT2D eigenvalue weighted by Gasteiger charge is -2.12. The van der Waals surface area contributed by atoms with Gasteiger partial charge in [-0.25, -0.2) is 18.7 Å². The monoisotopic (exact) mass is 495 g/mol. The molecule has 0 bridgehead atoms. The highest BCUT2D eigenvalue weighted by molar-refractivity contribution is 6.01. The number of fused-ring (bicyclic) bond motifs is 1. The zero-order chi connectivity index (χ0) is 25.4. The van der Waals surface area contributed by atoms with Gasteiger partial charge in [-0.15, -0.1) is 0 Å². The first-order valence-electron chi connectivity index (χ1n) is 10.5. The van der Waals surface area contributed by atoms with Gasteiger partial charge in [-0.3, -0.25) is 0 Å². The lowest BCUT2D eigenvalue weighted by Crippen LogP contribution is -2.20. The molecule has 36 heavy (non-hydrogen) atoms. The lowest BCUT2D eigenvalue weighted by atomic mass is 10.0. The van der Waals surface area contributed by atoms with E-state index in [1.807, 2.05) is 18.3 Å². The highest BCUT2D eigenvalue weighted by atomic mass is 19.4. The lowest BCUT2D eigenvalue weighted by molar-refractivity contribution is -0.137. The number of halogens is 4. The summed E-state index contributed by atoms with van der Waals surface area (Å²) in [4.78, 5) is 19.6. The highest BCUT2D eigenvalue weighted by Crippen LogP contribution is 2.38. The van der Waals surface area contributed by atoms with Gasteiger partial charge >= 0.3 is 12.2 Å². The summed E-state index contributed by atoms with van der Waals surface area (Å²) in [5, 5.41) is 8.82. The minimum Gasteiger partial charge on any atom is -0.382 e. The van der Waals surface area contributed by atoms with Crippen LogP contribution in [0.5, 0.6) is 0 Å². The number of nitrogen functional groups attached to an aromatic ring is 1. The Balaban J connectivity index is 1.41. The number of nitrogens with two attached hydrogens (primary N) is 1. The number of benzene rings is 2. The van der Waals surface area contributed by atoms with E-state index in [1.165, 1.54) is 6.33 Å². The van der Waals surface area contributed by atoms with Crippen LogP contribution in [-0.2, 0) is 6.18 Å². The summed E-state index contributed by atoms with van der Waals surface area (Å²) >= 11 is 0. The van der Waals surface area contributed by atoms with Crippen LogP contribution in [0.1, 0.15) is 5.56 Å². The van der Waals surface area contributed by atoms with Gasteiger partial charge in [0, 0.05) is 34.9 Å². The molecule has 0 fully saturated rings. The maximum Gasteiger partial charge on any atom is 0.416 e. The van der Waals surface area contributed by atoms with E-state index >= 15 is 0 Å². The predicted molar refractivity (Wildman–Crippen MR) is 127 cm³/mol. The third-order valence-electron chi connectivity index (χ3n) is 5.46. The van der Waals surface area contributed by atoms with Crippen LogP contribution in [0.3, 0.4) is 0 Å². The predicted octanol–water partition coefficient (Wildman–Crippen LogP) is 5.78. The number of rotatable bonds is 4. The number of amides is 2. The van der Waals surface area contributed by atoms with Crippen molar-refractivity contribution in [2.24, 2.45) is 0 Å². The summed E-state index contributed by atoms with van der Waals surface area (Å²) in [7, 11) is 0. The second kappa shape index (κ2) is 8.73. The van der Waals surface area contributed by atoms with Crippen LogP contribution in [0.4, 0.5) is 39.5 Å². The van der Waals surface area contributed by atoms with Gasteiger partial charge in [0.25, 0.3) is 0 Å². The number of aromatic amines is 1. The standard InChI is InChI=1S/C24H17F4N7O/c25-17-8-5-14(24(26,27)28)10-19(17)34-23(36)33-15-6-3-13(4-7-15)20-16(18-2-1-9-30-18)11-35-21(20)22(29)31-12-32-35/h1-12,30H,(H2,29,31,32)(H2,33,34,36). The number of alkyl halides is 3. The Bertz CT molecular complexity index is 1560. The molecule has 12 heteroatoms. The van der Waals surface area contributed by atoms with Gasteiger partial charge in [0.2, 0.25) is 0 Å². The van der Waals surface area contributed by atoms with E-state index in [-0.39, 0.29) is 5.82 Å². The van der Waals surface area contributed by atoms with Crippen LogP contribution in [0.2, 0.25) is 0 Å². The molecule has 2 aromatic carbocycles. The topological polar surface area (TPSA) is 113 Å². The molecule has 0 saturated heterocycles. The quantitative estimate of drug-likeness (QED) is 0.237. The summed E-state index contributed by atoms with van der Waals surface area (Å²) in [6.45, 7) is 0. The number of aromatic nitrogens is 4. The van der Waals surface area contributed by atoms with Crippen LogP contribution >= 0.6 is 0 Å². The van der Waals surface area contributed by atoms with Crippen LogP contribution in [0.25, 0.3) is 27.9 Å². The highest BCUT2D eigenvalue weighted by Gasteiger charge is 2.31. The molecular weight excluding hydrogens is 478 g/mol. The Labute approximate surface area is 200 Å². The third kappa shape index (κ3) is 4.31. The number of nitrogens with zero attached hydrogens (tertiary/aromatic N) is 3. The number of H-pyrrole nitrogens is 1. The Morgan fingerprint density at radius 2 is 1.83 bits per heavy atom. The van der Waals surface area contributed by atoms with Gasteiger partial charge in [-0.1, -0.05) is 12.1 Å². The first kappa shape index (κ1) is 22.9. The number of nitrogens with one attached hydrogen (secondary N) is 3. The fourth-order valence-corrected chi connectivity index (χ4v) is 3.83. The molecule has 5 N–H and O–H groups in total. The van der Waals surface area contributed by atoms with E-state index in [2.05, 4.69) is 25.7 Å². The molecule has 182 valence electrons. The van der Waals surface area contributed by atoms with E-state index < -0.39 is 29.3 Å². The zero-order valence-corrected chi connectivity index (χ0v) is 18.3. The van der Waals surface area contributed by atoms with E-state index in [0.29, 0.717) is 29.4 Å². The van der Waals surface area contributed by atoms with Gasteiger partial charge in [0.15, 0.2) is 5.82 Å². The number of carbonyl (C=O) groups excluding carboxylic acids is 1. The molecule has 0 radical (unpaired) electrons. The normalized spacial score (nSPS) is 11.6. The maximum atomic E-state index is 13.9. The van der Waals surface area contributed by atoms with Crippen molar-refractivity contribution >= 4 is 28.7 Å². The van der Waals surface area contributed by atoms with Crippen LogP contribution in [-0.4, -0.2) is 25.6 Å². The van der Waals surface area contributed by atoms with Crippen LogP contribution in [0.15, 0.2) is 73.3 Å². The molecule has 2 amide bonds. The number of anilines is 3. The van der Waals surface area contributed by atoms with Gasteiger partial charge in [0.1, 0.15) is 17.7 Å². The van der Waals surface area contributed by atoms with Crippen molar-refractivity contribution in [1.29, 1.82) is 0 Å². The van der Waals surface area contributed by atoms with Crippen molar-refractivity contribution in [3.63, 3.8) is 0 Å². The van der Waals surface area contributed by atoms with E-state index in [0.717, 1.165) is 22.4 Å². The maximum absolute atomic E-state index is 13.9. The summed E-state index contributed by atoms with van der Waals surface area (Å²) < 4.78 is 54.3. The minimum absolute atomic E-state index is 0.280. The van der Waals surface area contributed by atoms with Crippen molar-refractivity contribution in [3.8, 4) is 22.4 Å². The Hall–Kier alpha value is -4.87. The molecular formula is C24H17F4N7O. The molecule has 3 aromatic heterocycles. The molecule has 5 aromatic rings. The van der Waals surface area contributed by atoms with Gasteiger partial charge in [-0.2, -0.15) is 18.3 Å². The third-order valence-corrected chi connectivity index (χ3v) is 5.46. The van der Waals surface area contributed by atoms with E-state index in [1.54, 1.807) is 35.0 Å². The zero-order valence-electron chi connectivity index (χ0n) is 18.3. The summed E-state index contributed by atoms with van der Waals surface area (Å²) in [6, 6.07) is 11.3. The SMILES string of the molecule is Nc1ncnn2cc(-c3ccc[nH]3)c(-c3ccc(NC(=O)Nc4cc(C(F)(F)F)ccc4F)cc3)c12. The first-order chi connectivity index (χ1) is 17.2. The molecule has 0 aliphatic heterocycles. The molecule has 0 aliphatic rings. The van der Waals surface area contributed by atoms with Crippen molar-refractivity contribution in [2.45, 2.75) is 6.18 Å². The Morgan fingerprint density at radius 3 is 2.53 bits per heavy atom. The van der Waals surface area contributed by atoms with Gasteiger partial charge < -0.3 is 21.4 Å². The van der Waals surface area contributed by atoms with Crippen molar-refractivity contribution in [3.05, 3.63) is 84.7 Å². The fourth-order valence-electron chi connectivity index (χ4n) is 3.83. The fraction of sp³-hybridized carbons (Fsp3) is 0.0417. The molecule has 0 unspecified atom stereocenters. The molecule has 0 saturated carbocycles. The van der Waals surface area contributed by atoms with Crippen LogP contribution in [0, 0.1) is 5.82 Å². The summed E-state index contributed by atoms with van der Waals surface area (Å²) in [6.07, 6.45) is 0.281. The molecule has 0 atom stereocenters. The Kier molecular flexibility index (Phi) is 5.55. The number of hydrogen-bond donors (Lipinski definition) is 4. The summed E-state index contributed by atoms with van der Waals surface area (Å²) in [5.41, 5.74) is 8.56. The average molecular weight is 495 g/mol.